The number of sulfonamides is 1. The van der Waals surface area contributed by atoms with Gasteiger partial charge in [0, 0.05) is 12.1 Å². The monoisotopic (exact) mass is 428 g/mol. The molecule has 0 bridgehead atoms. The summed E-state index contributed by atoms with van der Waals surface area (Å²) < 4.78 is 42.0. The van der Waals surface area contributed by atoms with Crippen LogP contribution >= 0.6 is 0 Å². The first-order valence-electron chi connectivity index (χ1n) is 9.44. The number of carbonyl (C=O) groups excluding carboxylic acids is 1. The lowest BCUT2D eigenvalue weighted by Crippen LogP contribution is -2.43. The van der Waals surface area contributed by atoms with Gasteiger partial charge in [0.15, 0.2) is 0 Å². The number of carbonyl (C=O) groups is 1. The van der Waals surface area contributed by atoms with E-state index in [1.165, 1.54) is 23.1 Å². The summed E-state index contributed by atoms with van der Waals surface area (Å²) in [7, 11) is -3.94. The maximum atomic E-state index is 13.4. The zero-order valence-corrected chi connectivity index (χ0v) is 17.6. The van der Waals surface area contributed by atoms with Crippen molar-refractivity contribution >= 4 is 21.6 Å². The third-order valence-corrected chi connectivity index (χ3v) is 6.59. The molecule has 0 fully saturated rings. The van der Waals surface area contributed by atoms with Crippen LogP contribution in [-0.4, -0.2) is 36.1 Å². The number of halogens is 1. The maximum absolute atomic E-state index is 13.4. The van der Waals surface area contributed by atoms with E-state index in [0.29, 0.717) is 11.1 Å². The molecule has 0 aromatic heterocycles. The van der Waals surface area contributed by atoms with Crippen molar-refractivity contribution in [2.24, 2.45) is 9.81 Å². The average Bonchev–Trinajstić information content (AvgIpc) is 3.07. The quantitative estimate of drug-likeness (QED) is 0.810. The van der Waals surface area contributed by atoms with Gasteiger partial charge in [0.1, 0.15) is 22.9 Å². The lowest BCUT2D eigenvalue weighted by Gasteiger charge is -2.35. The van der Waals surface area contributed by atoms with E-state index in [2.05, 4.69) is 4.40 Å². The SMILES string of the molecule is CC(C)(C)C1C(O)=C(C2=NS(=O)(=O)c3ccccc32)C(=O)N1Cc1ccc(F)cc1. The van der Waals surface area contributed by atoms with Crippen molar-refractivity contribution in [1.82, 2.24) is 4.90 Å². The molecular formula is C22H21FN2O4S. The van der Waals surface area contributed by atoms with E-state index >= 15 is 0 Å². The predicted octanol–water partition coefficient (Wildman–Crippen LogP) is 3.59. The van der Waals surface area contributed by atoms with Gasteiger partial charge in [-0.2, -0.15) is 12.8 Å². The third kappa shape index (κ3) is 3.21. The molecule has 2 aliphatic rings. The molecule has 1 atom stereocenters. The summed E-state index contributed by atoms with van der Waals surface area (Å²) in [6.45, 7) is 5.77. The second kappa shape index (κ2) is 6.77. The Kier molecular flexibility index (Phi) is 4.58. The van der Waals surface area contributed by atoms with Gasteiger partial charge in [0.05, 0.1) is 10.9 Å². The van der Waals surface area contributed by atoms with E-state index in [1.807, 2.05) is 20.8 Å². The van der Waals surface area contributed by atoms with Gasteiger partial charge < -0.3 is 10.0 Å². The molecule has 156 valence electrons. The van der Waals surface area contributed by atoms with Gasteiger partial charge in [-0.15, -0.1) is 0 Å². The van der Waals surface area contributed by atoms with Crippen molar-refractivity contribution in [2.75, 3.05) is 0 Å². The Hall–Kier alpha value is -3.00. The molecule has 2 aromatic carbocycles. The number of nitrogens with zero attached hydrogens (tertiary/aromatic N) is 2. The van der Waals surface area contributed by atoms with Crippen LogP contribution in [0.1, 0.15) is 31.9 Å². The van der Waals surface area contributed by atoms with E-state index < -0.39 is 27.4 Å². The van der Waals surface area contributed by atoms with Gasteiger partial charge in [-0.3, -0.25) is 4.79 Å². The summed E-state index contributed by atoms with van der Waals surface area (Å²) in [6.07, 6.45) is 0. The molecule has 0 saturated heterocycles. The van der Waals surface area contributed by atoms with Crippen LogP contribution in [0.2, 0.25) is 0 Å². The van der Waals surface area contributed by atoms with E-state index in [0.717, 1.165) is 0 Å². The molecule has 8 heteroatoms. The van der Waals surface area contributed by atoms with Crippen molar-refractivity contribution in [3.05, 3.63) is 76.8 Å². The van der Waals surface area contributed by atoms with E-state index in [9.17, 15) is 22.7 Å². The van der Waals surface area contributed by atoms with E-state index in [4.69, 9.17) is 0 Å². The van der Waals surface area contributed by atoms with Gasteiger partial charge in [-0.25, -0.2) is 4.39 Å². The summed E-state index contributed by atoms with van der Waals surface area (Å²) in [6, 6.07) is 11.3. The number of aliphatic hydroxyl groups is 1. The average molecular weight is 428 g/mol. The van der Waals surface area contributed by atoms with Crippen LogP contribution in [0.25, 0.3) is 0 Å². The number of benzene rings is 2. The summed E-state index contributed by atoms with van der Waals surface area (Å²) >= 11 is 0. The highest BCUT2D eigenvalue weighted by atomic mass is 32.2. The number of hydrogen-bond acceptors (Lipinski definition) is 4. The number of amides is 1. The summed E-state index contributed by atoms with van der Waals surface area (Å²) in [5.41, 5.74) is 0.298. The van der Waals surface area contributed by atoms with Gasteiger partial charge in [0.2, 0.25) is 0 Å². The first-order chi connectivity index (χ1) is 14.0. The van der Waals surface area contributed by atoms with Crippen molar-refractivity contribution in [1.29, 1.82) is 0 Å². The van der Waals surface area contributed by atoms with Gasteiger partial charge in [-0.1, -0.05) is 51.1 Å². The predicted molar refractivity (Wildman–Crippen MR) is 110 cm³/mol. The molecule has 1 amide bonds. The van der Waals surface area contributed by atoms with E-state index in [-0.39, 0.29) is 34.3 Å². The molecule has 0 radical (unpaired) electrons. The Morgan fingerprint density at radius 3 is 2.37 bits per heavy atom. The molecule has 0 aliphatic carbocycles. The van der Waals surface area contributed by atoms with Crippen molar-refractivity contribution < 1.29 is 22.7 Å². The zero-order valence-electron chi connectivity index (χ0n) is 16.8. The second-order valence-corrected chi connectivity index (χ2v) is 10.1. The van der Waals surface area contributed by atoms with Crippen LogP contribution in [0.15, 0.2) is 69.2 Å². The Labute approximate surface area is 174 Å². The van der Waals surface area contributed by atoms with Crippen LogP contribution in [-0.2, 0) is 21.4 Å². The van der Waals surface area contributed by atoms with Crippen LogP contribution in [0.4, 0.5) is 4.39 Å². The highest BCUT2D eigenvalue weighted by Crippen LogP contribution is 2.40. The largest absolute Gasteiger partial charge is 0.509 e. The summed E-state index contributed by atoms with van der Waals surface area (Å²) in [4.78, 5) is 14.9. The molecule has 6 nitrogen and oxygen atoms in total. The second-order valence-electron chi connectivity index (χ2n) is 8.50. The molecule has 2 aliphatic heterocycles. The van der Waals surface area contributed by atoms with Gasteiger partial charge in [0.25, 0.3) is 15.9 Å². The summed E-state index contributed by atoms with van der Waals surface area (Å²) in [5, 5.41) is 11.1. The minimum Gasteiger partial charge on any atom is -0.509 e. The smallest absolute Gasteiger partial charge is 0.283 e. The van der Waals surface area contributed by atoms with Crippen molar-refractivity contribution in [3.63, 3.8) is 0 Å². The molecule has 2 heterocycles. The Morgan fingerprint density at radius 1 is 1.10 bits per heavy atom. The van der Waals surface area contributed by atoms with Crippen LogP contribution in [0.5, 0.6) is 0 Å². The fraction of sp³-hybridized carbons (Fsp3) is 0.273. The normalized spacial score (nSPS) is 20.5. The lowest BCUT2D eigenvalue weighted by atomic mass is 9.84. The van der Waals surface area contributed by atoms with E-state index in [1.54, 1.807) is 30.3 Å². The Morgan fingerprint density at radius 2 is 1.73 bits per heavy atom. The molecule has 2 aromatic rings. The molecule has 1 unspecified atom stereocenters. The fourth-order valence-corrected chi connectivity index (χ4v) is 5.21. The molecule has 0 saturated carbocycles. The highest BCUT2D eigenvalue weighted by molar-refractivity contribution is 7.90. The molecular weight excluding hydrogens is 407 g/mol. The Balaban J connectivity index is 1.82. The third-order valence-electron chi connectivity index (χ3n) is 5.26. The minimum absolute atomic E-state index is 0.0115. The van der Waals surface area contributed by atoms with Crippen LogP contribution in [0.3, 0.4) is 0 Å². The zero-order chi connectivity index (χ0) is 21.8. The number of hydrogen-bond donors (Lipinski definition) is 1. The number of rotatable bonds is 3. The standard InChI is InChI=1S/C22H21FN2O4S/c1-22(2,3)20-19(26)17(18-15-6-4-5-7-16(15)30(28,29)24-18)21(27)25(20)12-13-8-10-14(23)11-9-13/h4-11,20,26H,12H2,1-3H3. The molecule has 30 heavy (non-hydrogen) atoms. The van der Waals surface area contributed by atoms with Crippen molar-refractivity contribution in [3.8, 4) is 0 Å². The minimum atomic E-state index is -3.94. The lowest BCUT2D eigenvalue weighted by molar-refractivity contribution is -0.129. The van der Waals surface area contributed by atoms with Gasteiger partial charge in [-0.05, 0) is 29.2 Å². The van der Waals surface area contributed by atoms with Gasteiger partial charge >= 0.3 is 0 Å². The van der Waals surface area contributed by atoms with Crippen LogP contribution in [0, 0.1) is 11.2 Å². The van der Waals surface area contributed by atoms with Crippen LogP contribution < -0.4 is 0 Å². The Bertz CT molecular complexity index is 1210. The first kappa shape index (κ1) is 20.3. The topological polar surface area (TPSA) is 87.0 Å². The highest BCUT2D eigenvalue weighted by Gasteiger charge is 2.48. The fourth-order valence-electron chi connectivity index (χ4n) is 3.99. The maximum Gasteiger partial charge on any atom is 0.283 e. The molecule has 0 spiro atoms. The van der Waals surface area contributed by atoms with Crippen molar-refractivity contribution in [2.45, 2.75) is 38.3 Å². The molecule has 1 N–H and O–H groups in total. The molecule has 4 rings (SSSR count). The first-order valence-corrected chi connectivity index (χ1v) is 10.9. The summed E-state index contributed by atoms with van der Waals surface area (Å²) in [5.74, 6) is -1.11. The number of aliphatic hydroxyl groups excluding tert-OH is 1. The number of fused-ring (bicyclic) bond motifs is 1.